The van der Waals surface area contributed by atoms with Crippen molar-refractivity contribution < 1.29 is 14.7 Å². The number of carbonyl (C=O) groups is 2. The van der Waals surface area contributed by atoms with Crippen molar-refractivity contribution in [2.45, 2.75) is 19.8 Å². The molecule has 1 fully saturated rings. The molecule has 1 amide bonds. The highest BCUT2D eigenvalue weighted by Gasteiger charge is 2.22. The first-order valence-electron chi connectivity index (χ1n) is 10.8. The highest BCUT2D eigenvalue weighted by Crippen LogP contribution is 2.30. The Bertz CT molecular complexity index is 1160. The number of aryl methyl sites for hydroxylation is 1. The van der Waals surface area contributed by atoms with Crippen molar-refractivity contribution in [2.75, 3.05) is 32.7 Å². The lowest BCUT2D eigenvalue weighted by molar-refractivity contribution is -0.137. The lowest BCUT2D eigenvalue weighted by atomic mass is 10.0. The molecule has 7 heteroatoms. The third-order valence-corrected chi connectivity index (χ3v) is 6.26. The highest BCUT2D eigenvalue weighted by molar-refractivity contribution is 6.35. The number of aliphatic carboxylic acids is 1. The van der Waals surface area contributed by atoms with Crippen molar-refractivity contribution in [3.63, 3.8) is 0 Å². The summed E-state index contributed by atoms with van der Waals surface area (Å²) < 4.78 is 0. The van der Waals surface area contributed by atoms with Gasteiger partial charge in [0.05, 0.1) is 16.2 Å². The number of pyridine rings is 1. The largest absolute Gasteiger partial charge is 0.481 e. The number of carbonyl (C=O) groups excluding carboxylic acids is 1. The predicted octanol–water partition coefficient (Wildman–Crippen LogP) is 4.49. The molecule has 0 atom stereocenters. The number of benzene rings is 2. The van der Waals surface area contributed by atoms with E-state index in [9.17, 15) is 9.59 Å². The van der Waals surface area contributed by atoms with Crippen LogP contribution in [0.5, 0.6) is 0 Å². The first-order valence-corrected chi connectivity index (χ1v) is 11.2. The summed E-state index contributed by atoms with van der Waals surface area (Å²) in [4.78, 5) is 32.7. The van der Waals surface area contributed by atoms with Crippen molar-refractivity contribution in [3.05, 3.63) is 64.7 Å². The molecule has 0 unspecified atom stereocenters. The van der Waals surface area contributed by atoms with E-state index in [-0.39, 0.29) is 12.3 Å². The fraction of sp³-hybridized carbons (Fsp3) is 0.320. The Labute approximate surface area is 192 Å². The second kappa shape index (κ2) is 9.67. The number of carboxylic acid groups (broad SMARTS) is 1. The number of amides is 1. The Balaban J connectivity index is 1.50. The highest BCUT2D eigenvalue weighted by atomic mass is 35.5. The minimum atomic E-state index is -0.769. The maximum atomic E-state index is 13.1. The van der Waals surface area contributed by atoms with Gasteiger partial charge in [0.2, 0.25) is 0 Å². The van der Waals surface area contributed by atoms with E-state index in [0.29, 0.717) is 35.6 Å². The van der Waals surface area contributed by atoms with E-state index in [4.69, 9.17) is 21.7 Å². The van der Waals surface area contributed by atoms with E-state index in [2.05, 4.69) is 4.90 Å². The number of fused-ring (bicyclic) bond motifs is 1. The van der Waals surface area contributed by atoms with E-state index in [1.165, 1.54) is 0 Å². The Morgan fingerprint density at radius 1 is 1.06 bits per heavy atom. The van der Waals surface area contributed by atoms with Gasteiger partial charge < -0.3 is 10.0 Å². The van der Waals surface area contributed by atoms with Gasteiger partial charge in [0.15, 0.2) is 0 Å². The summed E-state index contributed by atoms with van der Waals surface area (Å²) in [7, 11) is 0. The topological polar surface area (TPSA) is 73.7 Å². The van der Waals surface area contributed by atoms with Gasteiger partial charge in [-0.2, -0.15) is 0 Å². The second-order valence-electron chi connectivity index (χ2n) is 8.17. The van der Waals surface area contributed by atoms with Crippen LogP contribution in [0.1, 0.15) is 28.8 Å². The van der Waals surface area contributed by atoms with Gasteiger partial charge >= 0.3 is 5.97 Å². The van der Waals surface area contributed by atoms with Crippen molar-refractivity contribution >= 4 is 34.4 Å². The summed E-state index contributed by atoms with van der Waals surface area (Å²) in [6, 6.07) is 15.4. The SMILES string of the molecule is Cc1ccccc1-c1cc(Cl)c2ccc(C(=O)N3CCN(CCCC(=O)O)CC3)cc2n1. The van der Waals surface area contributed by atoms with Gasteiger partial charge in [-0.1, -0.05) is 41.9 Å². The molecule has 32 heavy (non-hydrogen) atoms. The molecule has 0 aliphatic carbocycles. The molecule has 2 aromatic carbocycles. The Kier molecular flexibility index (Phi) is 6.72. The maximum Gasteiger partial charge on any atom is 0.303 e. The van der Waals surface area contributed by atoms with Gasteiger partial charge in [-0.15, -0.1) is 0 Å². The molecule has 2 heterocycles. The summed E-state index contributed by atoms with van der Waals surface area (Å²) in [5.74, 6) is -0.786. The molecule has 1 aromatic heterocycles. The zero-order valence-electron chi connectivity index (χ0n) is 18.1. The Morgan fingerprint density at radius 2 is 1.81 bits per heavy atom. The van der Waals surface area contributed by atoms with Crippen molar-refractivity contribution in [1.82, 2.24) is 14.8 Å². The molecule has 1 N–H and O–H groups in total. The van der Waals surface area contributed by atoms with Gasteiger partial charge in [-0.3, -0.25) is 14.5 Å². The number of halogens is 1. The summed E-state index contributed by atoms with van der Waals surface area (Å²) in [6.45, 7) is 5.54. The molecule has 1 aliphatic heterocycles. The average Bonchev–Trinajstić information content (AvgIpc) is 2.78. The number of nitrogens with zero attached hydrogens (tertiary/aromatic N) is 3. The monoisotopic (exact) mass is 451 g/mol. The summed E-state index contributed by atoms with van der Waals surface area (Å²) in [6.07, 6.45) is 0.805. The number of rotatable bonds is 6. The summed E-state index contributed by atoms with van der Waals surface area (Å²) in [5.41, 5.74) is 4.23. The van der Waals surface area contributed by atoms with E-state index >= 15 is 0 Å². The minimum Gasteiger partial charge on any atom is -0.481 e. The standard InChI is InChI=1S/C25H26ClN3O3/c1-17-5-2-3-6-19(17)23-16-21(26)20-9-8-18(15-22(20)27-23)25(32)29-13-11-28(12-14-29)10-4-7-24(30)31/h2-3,5-6,8-9,15-16H,4,7,10-14H2,1H3,(H,30,31). The van der Waals surface area contributed by atoms with Crippen LogP contribution in [0.4, 0.5) is 0 Å². The van der Waals surface area contributed by atoms with Crippen LogP contribution < -0.4 is 0 Å². The second-order valence-corrected chi connectivity index (χ2v) is 8.57. The van der Waals surface area contributed by atoms with Crippen molar-refractivity contribution in [1.29, 1.82) is 0 Å². The number of hydrogen-bond acceptors (Lipinski definition) is 4. The maximum absolute atomic E-state index is 13.1. The van der Waals surface area contributed by atoms with E-state index in [1.54, 1.807) is 0 Å². The average molecular weight is 452 g/mol. The van der Waals surface area contributed by atoms with Gasteiger partial charge in [0.1, 0.15) is 0 Å². The van der Waals surface area contributed by atoms with E-state index in [1.807, 2.05) is 60.4 Å². The molecular formula is C25H26ClN3O3. The van der Waals surface area contributed by atoms with Crippen molar-refractivity contribution in [2.24, 2.45) is 0 Å². The zero-order valence-corrected chi connectivity index (χ0v) is 18.8. The Hall–Kier alpha value is -2.96. The number of carboxylic acids is 1. The van der Waals surface area contributed by atoms with Gasteiger partial charge in [0, 0.05) is 49.1 Å². The molecule has 4 rings (SSSR count). The minimum absolute atomic E-state index is 0.0173. The smallest absolute Gasteiger partial charge is 0.303 e. The van der Waals surface area contributed by atoms with Crippen LogP contribution in [0.3, 0.4) is 0 Å². The molecule has 0 radical (unpaired) electrons. The van der Waals surface area contributed by atoms with Crippen molar-refractivity contribution in [3.8, 4) is 11.3 Å². The fourth-order valence-electron chi connectivity index (χ4n) is 4.13. The van der Waals surface area contributed by atoms with Crippen LogP contribution in [0, 0.1) is 6.92 Å². The zero-order chi connectivity index (χ0) is 22.7. The Morgan fingerprint density at radius 3 is 2.53 bits per heavy atom. The van der Waals surface area contributed by atoms with Crippen LogP contribution in [0.15, 0.2) is 48.5 Å². The molecular weight excluding hydrogens is 426 g/mol. The number of aromatic nitrogens is 1. The first-order chi connectivity index (χ1) is 15.4. The fourth-order valence-corrected chi connectivity index (χ4v) is 4.39. The molecule has 0 spiro atoms. The van der Waals surface area contributed by atoms with Gasteiger partial charge in [0.25, 0.3) is 5.91 Å². The summed E-state index contributed by atoms with van der Waals surface area (Å²) >= 11 is 6.54. The lowest BCUT2D eigenvalue weighted by Crippen LogP contribution is -2.48. The third-order valence-electron chi connectivity index (χ3n) is 5.95. The molecule has 0 saturated carbocycles. The quantitative estimate of drug-likeness (QED) is 0.597. The van der Waals surface area contributed by atoms with Gasteiger partial charge in [-0.25, -0.2) is 4.98 Å². The number of hydrogen-bond donors (Lipinski definition) is 1. The van der Waals surface area contributed by atoms with Gasteiger partial charge in [-0.05, 0) is 43.7 Å². The molecule has 6 nitrogen and oxygen atoms in total. The lowest BCUT2D eigenvalue weighted by Gasteiger charge is -2.34. The summed E-state index contributed by atoms with van der Waals surface area (Å²) in [5, 5.41) is 10.2. The molecule has 0 bridgehead atoms. The van der Waals surface area contributed by atoms with E-state index in [0.717, 1.165) is 41.8 Å². The number of piperazine rings is 1. The van der Waals surface area contributed by atoms with Crippen LogP contribution in [-0.4, -0.2) is 64.5 Å². The molecule has 3 aromatic rings. The molecule has 1 saturated heterocycles. The van der Waals surface area contributed by atoms with Crippen LogP contribution in [-0.2, 0) is 4.79 Å². The molecule has 166 valence electrons. The van der Waals surface area contributed by atoms with Crippen LogP contribution in [0.2, 0.25) is 5.02 Å². The molecule has 1 aliphatic rings. The van der Waals surface area contributed by atoms with Crippen LogP contribution in [0.25, 0.3) is 22.2 Å². The third kappa shape index (κ3) is 4.92. The normalized spacial score (nSPS) is 14.6. The van der Waals surface area contributed by atoms with E-state index < -0.39 is 5.97 Å². The van der Waals surface area contributed by atoms with Crippen LogP contribution >= 0.6 is 11.6 Å². The predicted molar refractivity (Wildman–Crippen MR) is 126 cm³/mol. The first kappa shape index (κ1) is 22.2.